The van der Waals surface area contributed by atoms with Crippen molar-refractivity contribution in [3.05, 3.63) is 23.8 Å². The zero-order valence-corrected chi connectivity index (χ0v) is 16.2. The second-order valence-corrected chi connectivity index (χ2v) is 7.41. The predicted octanol–water partition coefficient (Wildman–Crippen LogP) is 0.546. The lowest BCUT2D eigenvalue weighted by Crippen LogP contribution is -2.55. The fourth-order valence-electron chi connectivity index (χ4n) is 3.90. The lowest BCUT2D eigenvalue weighted by atomic mass is 9.91. The van der Waals surface area contributed by atoms with Crippen LogP contribution in [-0.2, 0) is 9.47 Å². The van der Waals surface area contributed by atoms with Gasteiger partial charge in [0.25, 0.3) is 0 Å². The quantitative estimate of drug-likeness (QED) is 0.549. The van der Waals surface area contributed by atoms with E-state index in [-0.39, 0.29) is 12.2 Å². The van der Waals surface area contributed by atoms with Gasteiger partial charge in [0.2, 0.25) is 0 Å². The van der Waals surface area contributed by atoms with Crippen molar-refractivity contribution < 1.29 is 39.4 Å². The van der Waals surface area contributed by atoms with Gasteiger partial charge in [0, 0.05) is 7.11 Å². The van der Waals surface area contributed by atoms with Gasteiger partial charge in [-0.1, -0.05) is 6.07 Å². The molecule has 1 heterocycles. The molecule has 8 nitrogen and oxygen atoms in total. The molecule has 28 heavy (non-hydrogen) atoms. The van der Waals surface area contributed by atoms with Crippen LogP contribution in [-0.4, -0.2) is 77.9 Å². The van der Waals surface area contributed by atoms with Crippen molar-refractivity contribution in [1.29, 1.82) is 0 Å². The molecule has 0 spiro atoms. The normalized spacial score (nSPS) is 36.1. The van der Waals surface area contributed by atoms with Gasteiger partial charge < -0.3 is 39.4 Å². The number of hydrogen-bond acceptors (Lipinski definition) is 8. The lowest BCUT2D eigenvalue weighted by molar-refractivity contribution is -0.231. The van der Waals surface area contributed by atoms with Crippen molar-refractivity contribution in [2.75, 3.05) is 20.8 Å². The van der Waals surface area contributed by atoms with Crippen LogP contribution < -0.4 is 9.47 Å². The summed E-state index contributed by atoms with van der Waals surface area (Å²) in [5.74, 6) is 1.08. The van der Waals surface area contributed by atoms with Gasteiger partial charge >= 0.3 is 0 Å². The van der Waals surface area contributed by atoms with E-state index in [2.05, 4.69) is 0 Å². The predicted molar refractivity (Wildman–Crippen MR) is 99.4 cm³/mol. The number of methoxy groups -OCH3 is 2. The summed E-state index contributed by atoms with van der Waals surface area (Å²) in [5, 5.41) is 39.8. The van der Waals surface area contributed by atoms with Gasteiger partial charge in [-0.15, -0.1) is 0 Å². The van der Waals surface area contributed by atoms with Gasteiger partial charge in [-0.3, -0.25) is 0 Å². The minimum atomic E-state index is -1.42. The molecule has 1 saturated carbocycles. The second-order valence-electron chi connectivity index (χ2n) is 7.41. The van der Waals surface area contributed by atoms with Crippen molar-refractivity contribution in [2.24, 2.45) is 0 Å². The molecular weight excluding hydrogens is 368 g/mol. The van der Waals surface area contributed by atoms with Gasteiger partial charge in [0.05, 0.1) is 25.9 Å². The molecule has 2 fully saturated rings. The fourth-order valence-corrected chi connectivity index (χ4v) is 3.90. The van der Waals surface area contributed by atoms with Crippen molar-refractivity contribution in [3.63, 3.8) is 0 Å². The Morgan fingerprint density at radius 2 is 1.61 bits per heavy atom. The Bertz CT molecular complexity index is 629. The van der Waals surface area contributed by atoms with Crippen LogP contribution in [0.5, 0.6) is 11.5 Å². The third kappa shape index (κ3) is 4.42. The summed E-state index contributed by atoms with van der Waals surface area (Å²) in [6.07, 6.45) is -2.13. The summed E-state index contributed by atoms with van der Waals surface area (Å²) >= 11 is 0. The second kappa shape index (κ2) is 9.39. The van der Waals surface area contributed by atoms with Crippen LogP contribution in [0.4, 0.5) is 0 Å². The Morgan fingerprint density at radius 3 is 2.21 bits per heavy atom. The Morgan fingerprint density at radius 1 is 0.929 bits per heavy atom. The largest absolute Gasteiger partial charge is 0.493 e. The highest BCUT2D eigenvalue weighted by Crippen LogP contribution is 2.38. The highest BCUT2D eigenvalue weighted by atomic mass is 16.5. The number of aliphatic hydroxyl groups is 4. The first-order chi connectivity index (χ1) is 13.5. The minimum Gasteiger partial charge on any atom is -0.493 e. The Hall–Kier alpha value is -1.42. The smallest absolute Gasteiger partial charge is 0.161 e. The molecule has 2 aliphatic rings. The summed E-state index contributed by atoms with van der Waals surface area (Å²) in [4.78, 5) is 0. The van der Waals surface area contributed by atoms with E-state index in [0.717, 1.165) is 25.7 Å². The van der Waals surface area contributed by atoms with Crippen LogP contribution in [0.2, 0.25) is 0 Å². The first-order valence-electron chi connectivity index (χ1n) is 9.66. The molecule has 0 radical (unpaired) electrons. The molecule has 3 rings (SSSR count). The van der Waals surface area contributed by atoms with Crippen LogP contribution in [0, 0.1) is 0 Å². The van der Waals surface area contributed by atoms with Crippen LogP contribution >= 0.6 is 0 Å². The van der Waals surface area contributed by atoms with Crippen LogP contribution in [0.15, 0.2) is 18.2 Å². The van der Waals surface area contributed by atoms with E-state index in [4.69, 9.17) is 18.9 Å². The molecule has 0 bridgehead atoms. The molecule has 1 aliphatic heterocycles. The lowest BCUT2D eigenvalue weighted by Gasteiger charge is -2.40. The summed E-state index contributed by atoms with van der Waals surface area (Å²) in [6.45, 7) is -0.469. The van der Waals surface area contributed by atoms with Crippen LogP contribution in [0.3, 0.4) is 0 Å². The van der Waals surface area contributed by atoms with E-state index in [1.54, 1.807) is 32.4 Å². The summed E-state index contributed by atoms with van der Waals surface area (Å²) in [6, 6.07) is 5.14. The zero-order chi connectivity index (χ0) is 20.3. The van der Waals surface area contributed by atoms with Crippen molar-refractivity contribution >= 4 is 0 Å². The molecular formula is C20H30O8. The number of aliphatic hydroxyl groups excluding tert-OH is 4. The Balaban J connectivity index is 1.78. The van der Waals surface area contributed by atoms with Crippen molar-refractivity contribution in [1.82, 2.24) is 0 Å². The SMILES string of the molecule is COc1ccc([C@@H]2O[C@H](CO)[C@@H](O)[C@H](O)[C@H]2O)cc1OC1CCC(OC)CC1. The van der Waals surface area contributed by atoms with Crippen LogP contribution in [0.1, 0.15) is 37.4 Å². The zero-order valence-electron chi connectivity index (χ0n) is 16.2. The maximum absolute atomic E-state index is 10.4. The molecule has 1 aliphatic carbocycles. The molecule has 0 unspecified atom stereocenters. The molecule has 8 heteroatoms. The number of hydrogen-bond donors (Lipinski definition) is 4. The molecule has 4 N–H and O–H groups in total. The molecule has 0 amide bonds. The highest BCUT2D eigenvalue weighted by Gasteiger charge is 2.44. The van der Waals surface area contributed by atoms with E-state index >= 15 is 0 Å². The van der Waals surface area contributed by atoms with Gasteiger partial charge in [-0.2, -0.15) is 0 Å². The maximum atomic E-state index is 10.4. The Kier molecular flexibility index (Phi) is 7.14. The molecule has 1 aromatic rings. The maximum Gasteiger partial charge on any atom is 0.161 e. The minimum absolute atomic E-state index is 0.0327. The fraction of sp³-hybridized carbons (Fsp3) is 0.700. The third-order valence-electron chi connectivity index (χ3n) is 5.66. The van der Waals surface area contributed by atoms with E-state index < -0.39 is 37.1 Å². The van der Waals surface area contributed by atoms with Gasteiger partial charge in [-0.05, 0) is 43.4 Å². The van der Waals surface area contributed by atoms with E-state index in [0.29, 0.717) is 17.1 Å². The first kappa shape index (κ1) is 21.3. The van der Waals surface area contributed by atoms with Gasteiger partial charge in [0.15, 0.2) is 11.5 Å². The highest BCUT2D eigenvalue weighted by molar-refractivity contribution is 5.44. The number of rotatable bonds is 6. The molecule has 5 atom stereocenters. The van der Waals surface area contributed by atoms with E-state index in [1.165, 1.54) is 0 Å². The van der Waals surface area contributed by atoms with Crippen molar-refractivity contribution in [3.8, 4) is 11.5 Å². The molecule has 1 aromatic carbocycles. The first-order valence-corrected chi connectivity index (χ1v) is 9.66. The van der Waals surface area contributed by atoms with E-state index in [1.807, 2.05) is 0 Å². The van der Waals surface area contributed by atoms with Crippen molar-refractivity contribution in [2.45, 2.75) is 68.4 Å². The van der Waals surface area contributed by atoms with E-state index in [9.17, 15) is 20.4 Å². The van der Waals surface area contributed by atoms with Gasteiger partial charge in [0.1, 0.15) is 30.5 Å². The number of benzene rings is 1. The monoisotopic (exact) mass is 398 g/mol. The molecule has 158 valence electrons. The molecule has 0 aromatic heterocycles. The topological polar surface area (TPSA) is 118 Å². The summed E-state index contributed by atoms with van der Waals surface area (Å²) < 4.78 is 22.6. The third-order valence-corrected chi connectivity index (χ3v) is 5.66. The average Bonchev–Trinajstić information content (AvgIpc) is 2.73. The summed E-state index contributed by atoms with van der Waals surface area (Å²) in [7, 11) is 3.27. The molecule has 1 saturated heterocycles. The van der Waals surface area contributed by atoms with Crippen LogP contribution in [0.25, 0.3) is 0 Å². The number of ether oxygens (including phenoxy) is 4. The standard InChI is InChI=1S/C20H30O8/c1-25-12-4-6-13(7-5-12)27-15-9-11(3-8-14(15)26-2)20-19(24)18(23)17(22)16(10-21)28-20/h3,8-9,12-13,16-24H,4-7,10H2,1-2H3/t12?,13?,16-,17-,18+,19-,20+/m1/s1. The average molecular weight is 398 g/mol. The Labute approximate surface area is 164 Å². The van der Waals surface area contributed by atoms with Gasteiger partial charge in [-0.25, -0.2) is 0 Å². The summed E-state index contributed by atoms with van der Waals surface area (Å²) in [5.41, 5.74) is 0.568.